The first-order chi connectivity index (χ1) is 15.6. The van der Waals surface area contributed by atoms with Gasteiger partial charge in [-0.15, -0.1) is 4.40 Å². The summed E-state index contributed by atoms with van der Waals surface area (Å²) in [4.78, 5) is 12.6. The van der Waals surface area contributed by atoms with E-state index < -0.39 is 10.0 Å². The second kappa shape index (κ2) is 8.78. The highest BCUT2D eigenvalue weighted by molar-refractivity contribution is 7.90. The summed E-state index contributed by atoms with van der Waals surface area (Å²) in [5.74, 6) is 0.0632. The fourth-order valence-electron chi connectivity index (χ4n) is 3.68. The second-order valence-corrected chi connectivity index (χ2v) is 10.4. The van der Waals surface area contributed by atoms with Gasteiger partial charge in [0.15, 0.2) is 5.84 Å². The van der Waals surface area contributed by atoms with Crippen LogP contribution in [0, 0.1) is 0 Å². The molecular formula is C25H26N4O3S. The van der Waals surface area contributed by atoms with Gasteiger partial charge in [-0.3, -0.25) is 4.79 Å². The maximum absolute atomic E-state index is 12.6. The lowest BCUT2D eigenvalue weighted by Gasteiger charge is -2.22. The molecule has 0 saturated carbocycles. The minimum Gasteiger partial charge on any atom is -0.351 e. The predicted molar refractivity (Wildman–Crippen MR) is 131 cm³/mol. The van der Waals surface area contributed by atoms with Crippen LogP contribution in [0.25, 0.3) is 10.8 Å². The molecule has 0 aromatic heterocycles. The van der Waals surface area contributed by atoms with Crippen molar-refractivity contribution in [2.75, 3.05) is 6.54 Å². The molecule has 0 unspecified atom stereocenters. The van der Waals surface area contributed by atoms with Gasteiger partial charge in [0.05, 0.1) is 12.8 Å². The van der Waals surface area contributed by atoms with Crippen molar-refractivity contribution in [1.82, 2.24) is 10.3 Å². The van der Waals surface area contributed by atoms with Crippen molar-refractivity contribution >= 4 is 38.8 Å². The van der Waals surface area contributed by atoms with Crippen LogP contribution in [0.4, 0.5) is 0 Å². The molecule has 33 heavy (non-hydrogen) atoms. The van der Waals surface area contributed by atoms with Crippen molar-refractivity contribution in [3.63, 3.8) is 0 Å². The first-order valence-corrected chi connectivity index (χ1v) is 12.1. The Balaban J connectivity index is 1.69. The van der Waals surface area contributed by atoms with Gasteiger partial charge in [0.2, 0.25) is 5.91 Å². The van der Waals surface area contributed by atoms with Crippen LogP contribution >= 0.6 is 0 Å². The zero-order valence-corrected chi connectivity index (χ0v) is 19.6. The number of hydrazone groups is 1. The summed E-state index contributed by atoms with van der Waals surface area (Å²) in [6.45, 7) is 5.90. The van der Waals surface area contributed by atoms with Gasteiger partial charge in [-0.1, -0.05) is 54.6 Å². The molecule has 1 heterocycles. The standard InChI is InChI=1S/C25H26N4O3S/c1-25(2,3)27-23(30)15-16-29(24-21-13-6-7-14-22(21)33(31,32)28-24)26-17-19-11-8-10-18-9-4-5-12-20(18)19/h4-14,17H,15-16H2,1-3H3,(H,27,30). The number of hydrogen-bond acceptors (Lipinski definition) is 5. The molecule has 1 amide bonds. The Kier molecular flexibility index (Phi) is 6.03. The quantitative estimate of drug-likeness (QED) is 0.459. The van der Waals surface area contributed by atoms with E-state index in [1.807, 2.05) is 63.2 Å². The highest BCUT2D eigenvalue weighted by Gasteiger charge is 2.32. The van der Waals surface area contributed by atoms with Crippen LogP contribution in [-0.2, 0) is 14.8 Å². The number of nitrogens with one attached hydrogen (secondary N) is 1. The molecule has 4 rings (SSSR count). The van der Waals surface area contributed by atoms with E-state index in [-0.39, 0.29) is 35.1 Å². The second-order valence-electron chi connectivity index (χ2n) is 8.87. The summed E-state index contributed by atoms with van der Waals surface area (Å²) in [7, 11) is -3.81. The molecule has 3 aromatic rings. The van der Waals surface area contributed by atoms with Crippen LogP contribution in [0.5, 0.6) is 0 Å². The minimum absolute atomic E-state index is 0.130. The zero-order valence-electron chi connectivity index (χ0n) is 18.8. The zero-order chi connectivity index (χ0) is 23.6. The highest BCUT2D eigenvalue weighted by atomic mass is 32.2. The largest absolute Gasteiger partial charge is 0.351 e. The van der Waals surface area contributed by atoms with Crippen molar-refractivity contribution in [3.8, 4) is 0 Å². The molecular weight excluding hydrogens is 436 g/mol. The molecule has 8 heteroatoms. The fourth-order valence-corrected chi connectivity index (χ4v) is 4.88. The van der Waals surface area contributed by atoms with Crippen LogP contribution in [0.1, 0.15) is 38.3 Å². The highest BCUT2D eigenvalue weighted by Crippen LogP contribution is 2.28. The van der Waals surface area contributed by atoms with Crippen LogP contribution in [0.3, 0.4) is 0 Å². The number of rotatable bonds is 5. The van der Waals surface area contributed by atoms with Gasteiger partial charge in [0, 0.05) is 23.1 Å². The number of hydrogen-bond donors (Lipinski definition) is 1. The van der Waals surface area contributed by atoms with E-state index >= 15 is 0 Å². The Bertz CT molecular complexity index is 1370. The Labute approximate surface area is 193 Å². The number of fused-ring (bicyclic) bond motifs is 2. The number of nitrogens with zero attached hydrogens (tertiary/aromatic N) is 3. The van der Waals surface area contributed by atoms with Crippen LogP contribution in [0.2, 0.25) is 0 Å². The fraction of sp³-hybridized carbons (Fsp3) is 0.240. The topological polar surface area (TPSA) is 91.2 Å². The first-order valence-electron chi connectivity index (χ1n) is 10.7. The normalized spacial score (nSPS) is 14.8. The maximum atomic E-state index is 12.6. The SMILES string of the molecule is CC(C)(C)NC(=O)CCN(N=Cc1cccc2ccccc12)C1=NS(=O)(=O)c2ccccc21. The van der Waals surface area contributed by atoms with Gasteiger partial charge >= 0.3 is 0 Å². The van der Waals surface area contributed by atoms with Gasteiger partial charge in [-0.05, 0) is 43.7 Å². The molecule has 0 aliphatic carbocycles. The molecule has 1 N–H and O–H groups in total. The van der Waals surface area contributed by atoms with E-state index in [9.17, 15) is 13.2 Å². The van der Waals surface area contributed by atoms with E-state index in [0.717, 1.165) is 16.3 Å². The third kappa shape index (κ3) is 5.12. The summed E-state index contributed by atoms with van der Waals surface area (Å²) in [5, 5.41) is 11.1. The average molecular weight is 463 g/mol. The molecule has 0 bridgehead atoms. The van der Waals surface area contributed by atoms with Gasteiger partial charge < -0.3 is 5.32 Å². The number of amidine groups is 1. The lowest BCUT2D eigenvalue weighted by Crippen LogP contribution is -2.42. The first kappa shape index (κ1) is 22.7. The molecule has 0 spiro atoms. The van der Waals surface area contributed by atoms with Crippen molar-refractivity contribution < 1.29 is 13.2 Å². The number of sulfonamides is 1. The summed E-state index contributed by atoms with van der Waals surface area (Å²) in [6.07, 6.45) is 1.81. The van der Waals surface area contributed by atoms with Gasteiger partial charge in [-0.25, -0.2) is 5.01 Å². The molecule has 7 nitrogen and oxygen atoms in total. The van der Waals surface area contributed by atoms with Crippen molar-refractivity contribution in [2.24, 2.45) is 9.50 Å². The summed E-state index contributed by atoms with van der Waals surface area (Å²) >= 11 is 0. The smallest absolute Gasteiger partial charge is 0.285 e. The summed E-state index contributed by atoms with van der Waals surface area (Å²) in [6, 6.07) is 20.5. The number of amides is 1. The Morgan fingerprint density at radius 1 is 1.03 bits per heavy atom. The van der Waals surface area contributed by atoms with E-state index in [1.165, 1.54) is 11.1 Å². The van der Waals surface area contributed by atoms with Gasteiger partial charge in [-0.2, -0.15) is 13.5 Å². The maximum Gasteiger partial charge on any atom is 0.285 e. The molecule has 1 aliphatic heterocycles. The Morgan fingerprint density at radius 2 is 1.73 bits per heavy atom. The lowest BCUT2D eigenvalue weighted by molar-refractivity contribution is -0.122. The van der Waals surface area contributed by atoms with E-state index in [4.69, 9.17) is 0 Å². The van der Waals surface area contributed by atoms with Gasteiger partial charge in [0.25, 0.3) is 10.0 Å². The van der Waals surface area contributed by atoms with Crippen LogP contribution < -0.4 is 5.32 Å². The van der Waals surface area contributed by atoms with Crippen molar-refractivity contribution in [3.05, 3.63) is 77.9 Å². The molecule has 0 fully saturated rings. The molecule has 170 valence electrons. The van der Waals surface area contributed by atoms with E-state index in [2.05, 4.69) is 14.8 Å². The van der Waals surface area contributed by atoms with E-state index in [0.29, 0.717) is 5.56 Å². The third-order valence-corrected chi connectivity index (χ3v) is 6.41. The Morgan fingerprint density at radius 3 is 2.52 bits per heavy atom. The number of carbonyl (C=O) groups excluding carboxylic acids is 1. The van der Waals surface area contributed by atoms with E-state index in [1.54, 1.807) is 24.4 Å². The molecule has 0 radical (unpaired) electrons. The molecule has 1 aliphatic rings. The molecule has 3 aromatic carbocycles. The predicted octanol–water partition coefficient (Wildman–Crippen LogP) is 3.93. The average Bonchev–Trinajstić information content (AvgIpc) is 3.04. The molecule has 0 atom stereocenters. The number of benzene rings is 3. The lowest BCUT2D eigenvalue weighted by atomic mass is 10.1. The summed E-state index contributed by atoms with van der Waals surface area (Å²) < 4.78 is 29.2. The van der Waals surface area contributed by atoms with Crippen LogP contribution in [-0.4, -0.2) is 43.5 Å². The third-order valence-electron chi connectivity index (χ3n) is 5.08. The van der Waals surface area contributed by atoms with Crippen LogP contribution in [0.15, 0.2) is 81.1 Å². The molecule has 0 saturated heterocycles. The monoisotopic (exact) mass is 462 g/mol. The number of carbonyl (C=O) groups is 1. The van der Waals surface area contributed by atoms with Gasteiger partial charge in [0.1, 0.15) is 4.90 Å². The minimum atomic E-state index is -3.81. The van der Waals surface area contributed by atoms with Crippen molar-refractivity contribution in [1.29, 1.82) is 0 Å². The summed E-state index contributed by atoms with van der Waals surface area (Å²) in [5.41, 5.74) is 0.991. The van der Waals surface area contributed by atoms with Crippen molar-refractivity contribution in [2.45, 2.75) is 37.6 Å². The Hall–Kier alpha value is -3.52.